The standard InChI is InChI=1S/C18H21N3O/c1-14-6-2-3-8-16(14)17-9-5-11-21(17)18(22)20-13-15-7-4-10-19-12-15/h2-4,6-8,10,12,17H,5,9,11,13H2,1H3,(H,20,22). The van der Waals surface area contributed by atoms with Crippen LogP contribution in [0.1, 0.15) is 35.6 Å². The Labute approximate surface area is 131 Å². The largest absolute Gasteiger partial charge is 0.334 e. The summed E-state index contributed by atoms with van der Waals surface area (Å²) in [5, 5.41) is 3.01. The Morgan fingerprint density at radius 1 is 1.32 bits per heavy atom. The van der Waals surface area contributed by atoms with Crippen molar-refractivity contribution in [2.75, 3.05) is 6.54 Å². The summed E-state index contributed by atoms with van der Waals surface area (Å²) < 4.78 is 0. The van der Waals surface area contributed by atoms with Gasteiger partial charge >= 0.3 is 6.03 Å². The number of likely N-dealkylation sites (tertiary alicyclic amines) is 1. The predicted octanol–water partition coefficient (Wildman–Crippen LogP) is 3.44. The molecule has 1 aliphatic heterocycles. The maximum Gasteiger partial charge on any atom is 0.318 e. The van der Waals surface area contributed by atoms with Crippen molar-refractivity contribution in [2.24, 2.45) is 0 Å². The number of nitrogens with zero attached hydrogens (tertiary/aromatic N) is 2. The van der Waals surface area contributed by atoms with Crippen LogP contribution in [0.15, 0.2) is 48.8 Å². The average molecular weight is 295 g/mol. The van der Waals surface area contributed by atoms with Gasteiger partial charge in [0.05, 0.1) is 6.04 Å². The molecule has 0 aliphatic carbocycles. The van der Waals surface area contributed by atoms with Crippen LogP contribution < -0.4 is 5.32 Å². The molecule has 2 heterocycles. The van der Waals surface area contributed by atoms with E-state index in [0.29, 0.717) is 6.54 Å². The molecule has 1 fully saturated rings. The number of rotatable bonds is 3. The lowest BCUT2D eigenvalue weighted by Gasteiger charge is -2.26. The molecule has 22 heavy (non-hydrogen) atoms. The van der Waals surface area contributed by atoms with Gasteiger partial charge in [0.1, 0.15) is 0 Å². The summed E-state index contributed by atoms with van der Waals surface area (Å²) in [6, 6.07) is 12.4. The Balaban J connectivity index is 1.68. The number of benzene rings is 1. The van der Waals surface area contributed by atoms with Gasteiger partial charge in [-0.25, -0.2) is 4.79 Å². The van der Waals surface area contributed by atoms with Crippen LogP contribution in [-0.2, 0) is 6.54 Å². The van der Waals surface area contributed by atoms with Gasteiger partial charge in [-0.15, -0.1) is 0 Å². The van der Waals surface area contributed by atoms with E-state index in [9.17, 15) is 4.79 Å². The molecular formula is C18H21N3O. The van der Waals surface area contributed by atoms with Gasteiger partial charge in [0.25, 0.3) is 0 Å². The minimum absolute atomic E-state index is 0.00889. The third-order valence-electron chi connectivity index (χ3n) is 4.23. The first-order valence-corrected chi connectivity index (χ1v) is 7.74. The van der Waals surface area contributed by atoms with Gasteiger partial charge in [0.2, 0.25) is 0 Å². The monoisotopic (exact) mass is 295 g/mol. The summed E-state index contributed by atoms with van der Waals surface area (Å²) in [7, 11) is 0. The minimum atomic E-state index is 0.00889. The molecule has 1 unspecified atom stereocenters. The highest BCUT2D eigenvalue weighted by atomic mass is 16.2. The average Bonchev–Trinajstić information content (AvgIpc) is 3.03. The SMILES string of the molecule is Cc1ccccc1C1CCCN1C(=O)NCc1cccnc1. The van der Waals surface area contributed by atoms with Crippen molar-refractivity contribution in [3.8, 4) is 0 Å². The lowest BCUT2D eigenvalue weighted by atomic mass is 9.99. The molecule has 1 aromatic heterocycles. The first-order chi connectivity index (χ1) is 10.8. The second kappa shape index (κ2) is 6.60. The molecule has 114 valence electrons. The fraction of sp³-hybridized carbons (Fsp3) is 0.333. The van der Waals surface area contributed by atoms with Crippen molar-refractivity contribution < 1.29 is 4.79 Å². The van der Waals surface area contributed by atoms with Crippen molar-refractivity contribution in [1.29, 1.82) is 0 Å². The van der Waals surface area contributed by atoms with Crippen LogP contribution in [0, 0.1) is 6.92 Å². The minimum Gasteiger partial charge on any atom is -0.334 e. The summed E-state index contributed by atoms with van der Waals surface area (Å²) in [5.74, 6) is 0. The van der Waals surface area contributed by atoms with Crippen molar-refractivity contribution in [1.82, 2.24) is 15.2 Å². The lowest BCUT2D eigenvalue weighted by Crippen LogP contribution is -2.39. The highest BCUT2D eigenvalue weighted by Crippen LogP contribution is 2.33. The van der Waals surface area contributed by atoms with E-state index >= 15 is 0 Å². The van der Waals surface area contributed by atoms with Crippen LogP contribution >= 0.6 is 0 Å². The van der Waals surface area contributed by atoms with E-state index in [-0.39, 0.29) is 12.1 Å². The molecule has 2 aromatic rings. The van der Waals surface area contributed by atoms with Gasteiger partial charge in [0, 0.05) is 25.5 Å². The van der Waals surface area contributed by atoms with Gasteiger partial charge in [-0.1, -0.05) is 30.3 Å². The molecular weight excluding hydrogens is 274 g/mol. The van der Waals surface area contributed by atoms with Gasteiger partial charge in [-0.2, -0.15) is 0 Å². The molecule has 1 saturated heterocycles. The zero-order valence-electron chi connectivity index (χ0n) is 12.8. The number of hydrogen-bond acceptors (Lipinski definition) is 2. The molecule has 4 nitrogen and oxygen atoms in total. The molecule has 3 rings (SSSR count). The predicted molar refractivity (Wildman–Crippen MR) is 86.3 cm³/mol. The van der Waals surface area contributed by atoms with E-state index in [1.165, 1.54) is 11.1 Å². The van der Waals surface area contributed by atoms with Crippen LogP contribution in [0.4, 0.5) is 4.79 Å². The Bertz CT molecular complexity index is 642. The topological polar surface area (TPSA) is 45.2 Å². The number of carbonyl (C=O) groups is 1. The van der Waals surface area contributed by atoms with Gasteiger partial charge < -0.3 is 10.2 Å². The highest BCUT2D eigenvalue weighted by molar-refractivity contribution is 5.75. The normalized spacial score (nSPS) is 17.5. The van der Waals surface area contributed by atoms with E-state index in [1.54, 1.807) is 12.4 Å². The van der Waals surface area contributed by atoms with Crippen LogP contribution in [0.5, 0.6) is 0 Å². The summed E-state index contributed by atoms with van der Waals surface area (Å²) in [5.41, 5.74) is 3.53. The Morgan fingerprint density at radius 2 is 2.18 bits per heavy atom. The maximum absolute atomic E-state index is 12.5. The Hall–Kier alpha value is -2.36. The van der Waals surface area contributed by atoms with Crippen molar-refractivity contribution in [3.05, 3.63) is 65.5 Å². The molecule has 0 bridgehead atoms. The number of carbonyl (C=O) groups excluding carboxylic acids is 1. The van der Waals surface area contributed by atoms with E-state index in [2.05, 4.69) is 29.4 Å². The van der Waals surface area contributed by atoms with Crippen LogP contribution in [0.25, 0.3) is 0 Å². The zero-order chi connectivity index (χ0) is 15.4. The van der Waals surface area contributed by atoms with E-state index in [0.717, 1.165) is 24.9 Å². The Kier molecular flexibility index (Phi) is 4.37. The number of nitrogens with one attached hydrogen (secondary N) is 1. The second-order valence-corrected chi connectivity index (χ2v) is 5.73. The third kappa shape index (κ3) is 3.11. The summed E-state index contributed by atoms with van der Waals surface area (Å²) in [6.45, 7) is 3.45. The van der Waals surface area contributed by atoms with E-state index in [4.69, 9.17) is 0 Å². The number of pyridine rings is 1. The molecule has 0 saturated carbocycles. The van der Waals surface area contributed by atoms with Crippen LogP contribution in [-0.4, -0.2) is 22.5 Å². The molecule has 4 heteroatoms. The number of aromatic nitrogens is 1. The smallest absolute Gasteiger partial charge is 0.318 e. The van der Waals surface area contributed by atoms with Crippen LogP contribution in [0.3, 0.4) is 0 Å². The molecule has 2 amide bonds. The molecule has 0 spiro atoms. The zero-order valence-corrected chi connectivity index (χ0v) is 12.8. The number of urea groups is 1. The van der Waals surface area contributed by atoms with Crippen LogP contribution in [0.2, 0.25) is 0 Å². The molecule has 1 aromatic carbocycles. The van der Waals surface area contributed by atoms with E-state index in [1.807, 2.05) is 29.2 Å². The Morgan fingerprint density at radius 3 is 2.95 bits per heavy atom. The number of amides is 2. The first-order valence-electron chi connectivity index (χ1n) is 7.74. The number of hydrogen-bond donors (Lipinski definition) is 1. The summed E-state index contributed by atoms with van der Waals surface area (Å²) in [6.07, 6.45) is 5.60. The number of aryl methyl sites for hydroxylation is 1. The second-order valence-electron chi connectivity index (χ2n) is 5.73. The van der Waals surface area contributed by atoms with Gasteiger partial charge in [0.15, 0.2) is 0 Å². The highest BCUT2D eigenvalue weighted by Gasteiger charge is 2.30. The first kappa shape index (κ1) is 14.6. The summed E-state index contributed by atoms with van der Waals surface area (Å²) in [4.78, 5) is 18.5. The van der Waals surface area contributed by atoms with Gasteiger partial charge in [-0.05, 0) is 42.5 Å². The maximum atomic E-state index is 12.5. The quantitative estimate of drug-likeness (QED) is 0.943. The van der Waals surface area contributed by atoms with Crippen molar-refractivity contribution in [2.45, 2.75) is 32.4 Å². The summed E-state index contributed by atoms with van der Waals surface area (Å²) >= 11 is 0. The van der Waals surface area contributed by atoms with Crippen molar-refractivity contribution in [3.63, 3.8) is 0 Å². The molecule has 1 N–H and O–H groups in total. The molecule has 1 aliphatic rings. The molecule has 0 radical (unpaired) electrons. The fourth-order valence-corrected chi connectivity index (χ4v) is 3.08. The third-order valence-corrected chi connectivity index (χ3v) is 4.23. The van der Waals surface area contributed by atoms with Crippen molar-refractivity contribution >= 4 is 6.03 Å². The van der Waals surface area contributed by atoms with E-state index < -0.39 is 0 Å². The van der Waals surface area contributed by atoms with Gasteiger partial charge in [-0.3, -0.25) is 4.98 Å². The lowest BCUT2D eigenvalue weighted by molar-refractivity contribution is 0.192. The fourth-order valence-electron chi connectivity index (χ4n) is 3.08. The molecule has 1 atom stereocenters.